The zero-order valence-corrected chi connectivity index (χ0v) is 31.1. The van der Waals surface area contributed by atoms with Crippen LogP contribution in [0.5, 0.6) is 0 Å². The van der Waals surface area contributed by atoms with Crippen LogP contribution in [0.1, 0.15) is 220 Å². The van der Waals surface area contributed by atoms with Crippen molar-refractivity contribution in [2.24, 2.45) is 0 Å². The molecule has 0 bridgehead atoms. The number of alkyl carbamates (subject to hydrolysis) is 1. The molecule has 0 fully saturated rings. The molecule has 0 heterocycles. The van der Waals surface area contributed by atoms with Crippen molar-refractivity contribution in [3.05, 3.63) is 0 Å². The SMILES string of the molecule is CCCCCCCCCCCCCCCCCC(CCCCCCCCCCCCCC)OC(=O)NCCCOC(C)(C)CO. The molecule has 5 heteroatoms. The lowest BCUT2D eigenvalue weighted by Crippen LogP contribution is -2.32. The van der Waals surface area contributed by atoms with Crippen LogP contribution in [0.3, 0.4) is 0 Å². The van der Waals surface area contributed by atoms with E-state index in [1.165, 1.54) is 161 Å². The van der Waals surface area contributed by atoms with Gasteiger partial charge in [-0.2, -0.15) is 0 Å². The summed E-state index contributed by atoms with van der Waals surface area (Å²) in [6.45, 7) is 9.34. The van der Waals surface area contributed by atoms with E-state index in [1.54, 1.807) is 0 Å². The summed E-state index contributed by atoms with van der Waals surface area (Å²) < 4.78 is 11.6. The Morgan fingerprint density at radius 3 is 1.22 bits per heavy atom. The maximum Gasteiger partial charge on any atom is 0.407 e. The van der Waals surface area contributed by atoms with Crippen molar-refractivity contribution in [1.82, 2.24) is 5.32 Å². The number of hydrogen-bond donors (Lipinski definition) is 2. The monoisotopic (exact) mass is 640 g/mol. The third kappa shape index (κ3) is 34.3. The van der Waals surface area contributed by atoms with Crippen molar-refractivity contribution in [1.29, 1.82) is 0 Å². The van der Waals surface area contributed by atoms with Crippen molar-refractivity contribution >= 4 is 6.09 Å². The van der Waals surface area contributed by atoms with Gasteiger partial charge in [-0.3, -0.25) is 0 Å². The lowest BCUT2D eigenvalue weighted by atomic mass is 10.0. The van der Waals surface area contributed by atoms with Crippen molar-refractivity contribution in [2.45, 2.75) is 232 Å². The van der Waals surface area contributed by atoms with Crippen LogP contribution in [-0.4, -0.2) is 42.7 Å². The zero-order chi connectivity index (χ0) is 33.1. The summed E-state index contributed by atoms with van der Waals surface area (Å²) in [7, 11) is 0. The predicted octanol–water partition coefficient (Wildman–Crippen LogP) is 12.6. The smallest absolute Gasteiger partial charge is 0.407 e. The molecule has 0 aromatic rings. The van der Waals surface area contributed by atoms with Crippen LogP contribution >= 0.6 is 0 Å². The number of hydrogen-bond acceptors (Lipinski definition) is 4. The highest BCUT2D eigenvalue weighted by Crippen LogP contribution is 2.19. The summed E-state index contributed by atoms with van der Waals surface area (Å²) in [4.78, 5) is 12.5. The third-order valence-corrected chi connectivity index (χ3v) is 9.25. The first kappa shape index (κ1) is 44.2. The lowest BCUT2D eigenvalue weighted by molar-refractivity contribution is -0.0539. The molecule has 0 aromatic heterocycles. The topological polar surface area (TPSA) is 67.8 Å². The van der Waals surface area contributed by atoms with Gasteiger partial charge >= 0.3 is 6.09 Å². The van der Waals surface area contributed by atoms with E-state index in [2.05, 4.69) is 19.2 Å². The Hall–Kier alpha value is -0.810. The molecular formula is C40H81NO4. The Morgan fingerprint density at radius 2 is 0.889 bits per heavy atom. The Morgan fingerprint density at radius 1 is 0.556 bits per heavy atom. The fourth-order valence-corrected chi connectivity index (χ4v) is 6.07. The number of ether oxygens (including phenoxy) is 2. The van der Waals surface area contributed by atoms with Crippen molar-refractivity contribution in [2.75, 3.05) is 19.8 Å². The molecular weight excluding hydrogens is 558 g/mol. The summed E-state index contributed by atoms with van der Waals surface area (Å²) >= 11 is 0. The number of carbonyl (C=O) groups is 1. The van der Waals surface area contributed by atoms with Gasteiger partial charge in [0.05, 0.1) is 12.2 Å². The molecule has 0 aliphatic heterocycles. The van der Waals surface area contributed by atoms with Gasteiger partial charge in [-0.25, -0.2) is 4.79 Å². The summed E-state index contributed by atoms with van der Waals surface area (Å²) in [5, 5.41) is 12.2. The number of aliphatic hydroxyl groups is 1. The number of amides is 1. The second-order valence-electron chi connectivity index (χ2n) is 14.5. The van der Waals surface area contributed by atoms with Crippen molar-refractivity contribution < 1.29 is 19.4 Å². The van der Waals surface area contributed by atoms with E-state index >= 15 is 0 Å². The van der Waals surface area contributed by atoms with Crippen LogP contribution in [-0.2, 0) is 9.47 Å². The quantitative estimate of drug-likeness (QED) is 0.0669. The van der Waals surface area contributed by atoms with E-state index in [9.17, 15) is 9.90 Å². The fraction of sp³-hybridized carbons (Fsp3) is 0.975. The standard InChI is InChI=1S/C40H81NO4/c1-5-7-9-11-13-15-17-19-20-21-23-25-27-29-31-34-38(45-39(43)41-35-32-36-44-40(3,4)37-42)33-30-28-26-24-22-18-16-14-12-10-8-6-2/h38,42H,5-37H2,1-4H3,(H,41,43). The van der Waals surface area contributed by atoms with Gasteiger partial charge in [-0.15, -0.1) is 0 Å². The molecule has 1 unspecified atom stereocenters. The molecule has 2 N–H and O–H groups in total. The van der Waals surface area contributed by atoms with E-state index in [0.717, 1.165) is 25.7 Å². The zero-order valence-electron chi connectivity index (χ0n) is 31.1. The van der Waals surface area contributed by atoms with Gasteiger partial charge in [0.2, 0.25) is 0 Å². The molecule has 0 aliphatic carbocycles. The molecule has 1 amide bonds. The van der Waals surface area contributed by atoms with E-state index < -0.39 is 5.60 Å². The Kier molecular flexibility index (Phi) is 33.9. The number of unbranched alkanes of at least 4 members (excludes halogenated alkanes) is 25. The molecule has 270 valence electrons. The number of rotatable bonds is 36. The first-order chi connectivity index (χ1) is 21.9. The second-order valence-corrected chi connectivity index (χ2v) is 14.5. The van der Waals surface area contributed by atoms with Gasteiger partial charge in [-0.05, 0) is 46.0 Å². The Balaban J connectivity index is 4.08. The fourth-order valence-electron chi connectivity index (χ4n) is 6.07. The Bertz CT molecular complexity index is 597. The average Bonchev–Trinajstić information content (AvgIpc) is 3.03. The van der Waals surface area contributed by atoms with Crippen LogP contribution in [0.2, 0.25) is 0 Å². The molecule has 0 saturated heterocycles. The highest BCUT2D eigenvalue weighted by atomic mass is 16.6. The molecule has 0 rings (SSSR count). The first-order valence-electron chi connectivity index (χ1n) is 20.1. The third-order valence-electron chi connectivity index (χ3n) is 9.25. The molecule has 45 heavy (non-hydrogen) atoms. The van der Waals surface area contributed by atoms with Crippen LogP contribution in [0.4, 0.5) is 4.79 Å². The molecule has 5 nitrogen and oxygen atoms in total. The van der Waals surface area contributed by atoms with Crippen molar-refractivity contribution in [3.63, 3.8) is 0 Å². The van der Waals surface area contributed by atoms with Crippen LogP contribution in [0.25, 0.3) is 0 Å². The summed E-state index contributed by atoms with van der Waals surface area (Å²) in [5.41, 5.74) is -0.535. The second kappa shape index (κ2) is 34.5. The van der Waals surface area contributed by atoms with Crippen molar-refractivity contribution in [3.8, 4) is 0 Å². The highest BCUT2D eigenvalue weighted by Gasteiger charge is 2.17. The number of carbonyl (C=O) groups excluding carboxylic acids is 1. The van der Waals surface area contributed by atoms with Gasteiger partial charge in [0, 0.05) is 13.2 Å². The van der Waals surface area contributed by atoms with E-state index in [0.29, 0.717) is 19.6 Å². The maximum absolute atomic E-state index is 12.5. The van der Waals surface area contributed by atoms with Gasteiger partial charge in [0.1, 0.15) is 6.10 Å². The molecule has 0 spiro atoms. The van der Waals surface area contributed by atoms with E-state index in [4.69, 9.17) is 9.47 Å². The first-order valence-corrected chi connectivity index (χ1v) is 20.1. The van der Waals surface area contributed by atoms with Gasteiger partial charge in [0.15, 0.2) is 0 Å². The normalized spacial score (nSPS) is 12.5. The highest BCUT2D eigenvalue weighted by molar-refractivity contribution is 5.67. The number of nitrogens with one attached hydrogen (secondary N) is 1. The van der Waals surface area contributed by atoms with Crippen LogP contribution in [0.15, 0.2) is 0 Å². The molecule has 0 aromatic carbocycles. The minimum Gasteiger partial charge on any atom is -0.446 e. The molecule has 0 aliphatic rings. The summed E-state index contributed by atoms with van der Waals surface area (Å²) in [6.07, 6.45) is 39.1. The predicted molar refractivity (Wildman–Crippen MR) is 195 cm³/mol. The molecule has 0 radical (unpaired) electrons. The average molecular weight is 640 g/mol. The van der Waals surface area contributed by atoms with Gasteiger partial charge in [0.25, 0.3) is 0 Å². The molecule has 0 saturated carbocycles. The lowest BCUT2D eigenvalue weighted by Gasteiger charge is -2.22. The summed E-state index contributed by atoms with van der Waals surface area (Å²) in [6, 6.07) is 0. The number of aliphatic hydroxyl groups excluding tert-OH is 1. The van der Waals surface area contributed by atoms with Crippen LogP contribution in [0, 0.1) is 0 Å². The van der Waals surface area contributed by atoms with Gasteiger partial charge in [-0.1, -0.05) is 174 Å². The minimum atomic E-state index is -0.535. The summed E-state index contributed by atoms with van der Waals surface area (Å²) in [5.74, 6) is 0. The minimum absolute atomic E-state index is 0.0113. The maximum atomic E-state index is 12.5. The molecule has 1 atom stereocenters. The van der Waals surface area contributed by atoms with E-state index in [1.807, 2.05) is 13.8 Å². The van der Waals surface area contributed by atoms with E-state index in [-0.39, 0.29) is 18.8 Å². The Labute approximate surface area is 282 Å². The van der Waals surface area contributed by atoms with Crippen LogP contribution < -0.4 is 5.32 Å². The largest absolute Gasteiger partial charge is 0.446 e. The van der Waals surface area contributed by atoms with Gasteiger partial charge < -0.3 is 19.9 Å².